The van der Waals surface area contributed by atoms with Crippen LogP contribution in [0.15, 0.2) is 60.9 Å². The molecular weight excluding hydrogens is 484 g/mol. The number of benzene rings is 2. The fraction of sp³-hybridized carbons (Fsp3) is 0.367. The molecule has 194 valence electrons. The van der Waals surface area contributed by atoms with E-state index in [0.29, 0.717) is 28.6 Å². The Morgan fingerprint density at radius 3 is 2.51 bits per heavy atom. The molecule has 1 aliphatic carbocycles. The van der Waals surface area contributed by atoms with Crippen LogP contribution in [0.25, 0.3) is 16.9 Å². The van der Waals surface area contributed by atoms with Crippen molar-refractivity contribution in [2.24, 2.45) is 0 Å². The average Bonchev–Trinajstić information content (AvgIpc) is 3.33. The van der Waals surface area contributed by atoms with Gasteiger partial charge in [0.2, 0.25) is 0 Å². The molecule has 0 unspecified atom stereocenters. The highest BCUT2D eigenvalue weighted by atomic mass is 35.5. The molecule has 5 rings (SSSR count). The van der Waals surface area contributed by atoms with E-state index in [-0.39, 0.29) is 0 Å². The number of ether oxygens (including phenoxy) is 2. The quantitative estimate of drug-likeness (QED) is 0.277. The molecule has 0 amide bonds. The van der Waals surface area contributed by atoms with Crippen LogP contribution < -0.4 is 14.8 Å². The van der Waals surface area contributed by atoms with Gasteiger partial charge in [0.1, 0.15) is 17.1 Å². The first-order chi connectivity index (χ1) is 17.9. The summed E-state index contributed by atoms with van der Waals surface area (Å²) in [7, 11) is 5.49. The number of nitrogens with one attached hydrogen (secondary N) is 1. The fourth-order valence-electron chi connectivity index (χ4n) is 5.34. The van der Waals surface area contributed by atoms with E-state index < -0.39 is 0 Å². The molecule has 7 heteroatoms. The number of methoxy groups -OCH3 is 2. The van der Waals surface area contributed by atoms with Gasteiger partial charge in [-0.25, -0.2) is 4.98 Å². The molecule has 2 aromatic carbocycles. The minimum atomic E-state index is 0.473. The van der Waals surface area contributed by atoms with Gasteiger partial charge in [0.25, 0.3) is 0 Å². The summed E-state index contributed by atoms with van der Waals surface area (Å²) in [4.78, 5) is 7.39. The smallest absolute Gasteiger partial charge is 0.141 e. The minimum Gasteiger partial charge on any atom is -0.496 e. The molecule has 2 heterocycles. The first kappa shape index (κ1) is 25.4. The molecule has 0 bridgehead atoms. The molecule has 1 saturated carbocycles. The molecule has 0 atom stereocenters. The van der Waals surface area contributed by atoms with Crippen molar-refractivity contribution < 1.29 is 9.47 Å². The van der Waals surface area contributed by atoms with Gasteiger partial charge in [-0.05, 0) is 62.9 Å². The molecule has 1 fully saturated rings. The highest BCUT2D eigenvalue weighted by molar-refractivity contribution is 6.32. The Morgan fingerprint density at radius 2 is 1.78 bits per heavy atom. The number of hydrogen-bond acceptors (Lipinski definition) is 5. The maximum atomic E-state index is 6.39. The van der Waals surface area contributed by atoms with Gasteiger partial charge in [-0.2, -0.15) is 0 Å². The Balaban J connectivity index is 1.24. The van der Waals surface area contributed by atoms with Crippen molar-refractivity contribution >= 4 is 22.9 Å². The first-order valence-electron chi connectivity index (χ1n) is 12.9. The number of pyridine rings is 1. The maximum Gasteiger partial charge on any atom is 0.141 e. The summed E-state index contributed by atoms with van der Waals surface area (Å²) >= 11 is 6.39. The van der Waals surface area contributed by atoms with Crippen LogP contribution in [0.2, 0.25) is 5.02 Å². The predicted octanol–water partition coefficient (Wildman–Crippen LogP) is 6.84. The molecule has 1 aliphatic rings. The van der Waals surface area contributed by atoms with Gasteiger partial charge < -0.3 is 19.2 Å². The number of aromatic nitrogens is 2. The zero-order valence-electron chi connectivity index (χ0n) is 22.0. The number of rotatable bonds is 8. The van der Waals surface area contributed by atoms with Crippen LogP contribution in [0.4, 0.5) is 5.69 Å². The number of halogens is 1. The zero-order valence-corrected chi connectivity index (χ0v) is 22.8. The largest absolute Gasteiger partial charge is 0.496 e. The van der Waals surface area contributed by atoms with E-state index >= 15 is 0 Å². The Labute approximate surface area is 224 Å². The van der Waals surface area contributed by atoms with Crippen LogP contribution in [0.3, 0.4) is 0 Å². The summed E-state index contributed by atoms with van der Waals surface area (Å²) in [5.41, 5.74) is 6.40. The predicted molar refractivity (Wildman–Crippen MR) is 151 cm³/mol. The third-order valence-electron chi connectivity index (χ3n) is 7.58. The number of hydrogen-bond donors (Lipinski definition) is 1. The van der Waals surface area contributed by atoms with Gasteiger partial charge in [-0.15, -0.1) is 0 Å². The van der Waals surface area contributed by atoms with Crippen LogP contribution in [0.1, 0.15) is 36.8 Å². The minimum absolute atomic E-state index is 0.473. The van der Waals surface area contributed by atoms with E-state index in [2.05, 4.69) is 60.6 Å². The van der Waals surface area contributed by atoms with Crippen LogP contribution in [0, 0.1) is 6.92 Å². The lowest BCUT2D eigenvalue weighted by Crippen LogP contribution is -2.38. The lowest BCUT2D eigenvalue weighted by atomic mass is 9.90. The molecule has 6 nitrogen and oxygen atoms in total. The average molecular weight is 519 g/mol. The number of nitrogens with zero attached hydrogens (tertiary/aromatic N) is 3. The van der Waals surface area contributed by atoms with Crippen molar-refractivity contribution in [2.75, 3.05) is 26.6 Å². The summed E-state index contributed by atoms with van der Waals surface area (Å²) in [6.45, 7) is 3.21. The Morgan fingerprint density at radius 1 is 1.03 bits per heavy atom. The van der Waals surface area contributed by atoms with E-state index in [9.17, 15) is 0 Å². The number of fused-ring (bicyclic) bond motifs is 1. The first-order valence-corrected chi connectivity index (χ1v) is 13.2. The van der Waals surface area contributed by atoms with E-state index in [1.807, 2.05) is 22.9 Å². The van der Waals surface area contributed by atoms with Crippen molar-refractivity contribution in [3.05, 3.63) is 77.1 Å². The summed E-state index contributed by atoms with van der Waals surface area (Å²) in [6, 6.07) is 17.7. The molecular formula is C30H35ClN4O2. The van der Waals surface area contributed by atoms with Gasteiger partial charge in [0.05, 0.1) is 24.9 Å². The maximum absolute atomic E-state index is 6.39. The highest BCUT2D eigenvalue weighted by Crippen LogP contribution is 2.38. The summed E-state index contributed by atoms with van der Waals surface area (Å²) in [6.07, 6.45) is 8.77. The van der Waals surface area contributed by atoms with E-state index in [1.54, 1.807) is 20.3 Å². The van der Waals surface area contributed by atoms with Crippen molar-refractivity contribution in [1.82, 2.24) is 14.3 Å². The molecule has 2 aromatic heterocycles. The van der Waals surface area contributed by atoms with E-state index in [4.69, 9.17) is 26.1 Å². The van der Waals surface area contributed by atoms with Crippen molar-refractivity contribution in [3.8, 4) is 22.8 Å². The lowest BCUT2D eigenvalue weighted by Gasteiger charge is -2.35. The fourth-order valence-corrected chi connectivity index (χ4v) is 5.58. The molecule has 0 spiro atoms. The van der Waals surface area contributed by atoms with Crippen LogP contribution in [-0.2, 0) is 6.54 Å². The second-order valence-electron chi connectivity index (χ2n) is 9.99. The standard InChI is InChI=1S/C30H35ClN4O2/c1-20-7-5-6-8-21(20)18-34(2)24-11-9-22(10-12-24)32-23-13-14-35-19-27(33-30(35)15-23)25-16-26(31)29(37-4)17-28(25)36-3/h5-8,13-17,19,22,24,32H,9-12,18H2,1-4H3. The topological polar surface area (TPSA) is 51.0 Å². The van der Waals surface area contributed by atoms with Crippen molar-refractivity contribution in [2.45, 2.75) is 51.2 Å². The molecule has 37 heavy (non-hydrogen) atoms. The van der Waals surface area contributed by atoms with Crippen LogP contribution in [0.5, 0.6) is 11.5 Å². The third kappa shape index (κ3) is 5.55. The van der Waals surface area contributed by atoms with Gasteiger partial charge in [-0.1, -0.05) is 35.9 Å². The Hall–Kier alpha value is -3.22. The summed E-state index contributed by atoms with van der Waals surface area (Å²) in [5, 5.41) is 4.28. The van der Waals surface area contributed by atoms with E-state index in [0.717, 1.165) is 42.0 Å². The zero-order chi connectivity index (χ0) is 25.9. The number of anilines is 1. The van der Waals surface area contributed by atoms with E-state index in [1.165, 1.54) is 24.0 Å². The molecule has 0 radical (unpaired) electrons. The normalized spacial score (nSPS) is 17.8. The van der Waals surface area contributed by atoms with Gasteiger partial charge in [0.15, 0.2) is 0 Å². The lowest BCUT2D eigenvalue weighted by molar-refractivity contribution is 0.179. The molecule has 0 saturated heterocycles. The molecule has 0 aliphatic heterocycles. The van der Waals surface area contributed by atoms with Crippen LogP contribution >= 0.6 is 11.6 Å². The summed E-state index contributed by atoms with van der Waals surface area (Å²) < 4.78 is 12.9. The van der Waals surface area contributed by atoms with Gasteiger partial charge in [0, 0.05) is 54.4 Å². The second-order valence-corrected chi connectivity index (χ2v) is 10.4. The van der Waals surface area contributed by atoms with Crippen LogP contribution in [-0.4, -0.2) is 47.6 Å². The second kappa shape index (κ2) is 11.0. The highest BCUT2D eigenvalue weighted by Gasteiger charge is 2.24. The molecule has 1 N–H and O–H groups in total. The van der Waals surface area contributed by atoms with Crippen molar-refractivity contribution in [3.63, 3.8) is 0 Å². The Kier molecular flexibility index (Phi) is 7.58. The summed E-state index contributed by atoms with van der Waals surface area (Å²) in [5.74, 6) is 1.25. The van der Waals surface area contributed by atoms with Gasteiger partial charge in [-0.3, -0.25) is 4.90 Å². The van der Waals surface area contributed by atoms with Gasteiger partial charge >= 0.3 is 0 Å². The SMILES string of the molecule is COc1cc(OC)c(-c2cn3ccc(NC4CCC(N(C)Cc5ccccc5C)CC4)cc3n2)cc1Cl. The van der Waals surface area contributed by atoms with Crippen molar-refractivity contribution in [1.29, 1.82) is 0 Å². The number of aryl methyl sites for hydroxylation is 1. The monoisotopic (exact) mass is 518 g/mol. The number of imidazole rings is 1. The third-order valence-corrected chi connectivity index (χ3v) is 7.88. The molecule has 4 aromatic rings. The Bertz CT molecular complexity index is 1380.